The number of esters is 1. The summed E-state index contributed by atoms with van der Waals surface area (Å²) in [6.07, 6.45) is -0.365. The fourth-order valence-electron chi connectivity index (χ4n) is 3.38. The molecule has 2 bridgehead atoms. The summed E-state index contributed by atoms with van der Waals surface area (Å²) in [6.45, 7) is 0.388. The van der Waals surface area contributed by atoms with Gasteiger partial charge in [-0.2, -0.15) is 0 Å². The van der Waals surface area contributed by atoms with Crippen LogP contribution in [0.1, 0.15) is 6.42 Å². The summed E-state index contributed by atoms with van der Waals surface area (Å²) in [7, 11) is 0. The number of ether oxygens (including phenoxy) is 1. The largest absolute Gasteiger partial charge is 0.465 e. The summed E-state index contributed by atoms with van der Waals surface area (Å²) in [5.74, 6) is -0.426. The summed E-state index contributed by atoms with van der Waals surface area (Å²) >= 11 is 0. The first-order valence-electron chi connectivity index (χ1n) is 4.73. The normalized spacial score (nSPS) is 58.2. The van der Waals surface area contributed by atoms with Gasteiger partial charge in [0.05, 0.1) is 24.7 Å². The molecule has 2 saturated carbocycles. The van der Waals surface area contributed by atoms with Crippen molar-refractivity contribution < 1.29 is 19.7 Å². The molecule has 3 fully saturated rings. The molecule has 1 heterocycles. The Labute approximate surface area is 75.5 Å². The van der Waals surface area contributed by atoms with Crippen molar-refractivity contribution in [1.29, 1.82) is 0 Å². The van der Waals surface area contributed by atoms with Crippen LogP contribution in [-0.2, 0) is 9.53 Å². The first-order chi connectivity index (χ1) is 6.20. The number of carbonyl (C=O) groups is 1. The van der Waals surface area contributed by atoms with Crippen molar-refractivity contribution in [3.63, 3.8) is 0 Å². The molecule has 0 spiro atoms. The van der Waals surface area contributed by atoms with Gasteiger partial charge < -0.3 is 14.9 Å². The Morgan fingerprint density at radius 3 is 2.85 bits per heavy atom. The third-order valence-electron chi connectivity index (χ3n) is 3.90. The van der Waals surface area contributed by atoms with E-state index in [1.807, 2.05) is 0 Å². The number of hydrogen-bond acceptors (Lipinski definition) is 4. The van der Waals surface area contributed by atoms with Crippen molar-refractivity contribution in [3.8, 4) is 0 Å². The van der Waals surface area contributed by atoms with Gasteiger partial charge in [-0.1, -0.05) is 0 Å². The van der Waals surface area contributed by atoms with E-state index < -0.39 is 12.2 Å². The lowest BCUT2D eigenvalue weighted by atomic mass is 9.80. The lowest BCUT2D eigenvalue weighted by Crippen LogP contribution is -2.31. The highest BCUT2D eigenvalue weighted by molar-refractivity contribution is 5.76. The summed E-state index contributed by atoms with van der Waals surface area (Å²) in [4.78, 5) is 11.3. The number of carbonyl (C=O) groups excluding carboxylic acids is 1. The molecule has 3 rings (SSSR count). The molecule has 13 heavy (non-hydrogen) atoms. The molecule has 2 aliphatic carbocycles. The highest BCUT2D eigenvalue weighted by atomic mass is 16.5. The SMILES string of the molecule is O=C1OC[C@H]2[C@H]1[C@H]1C[C@@H](O)[C@@H]2[C@H]1O. The number of aliphatic hydroxyl groups excluding tert-OH is 2. The average molecular weight is 184 g/mol. The lowest BCUT2D eigenvalue weighted by Gasteiger charge is -2.23. The maximum Gasteiger partial charge on any atom is 0.309 e. The van der Waals surface area contributed by atoms with Gasteiger partial charge in [-0.25, -0.2) is 0 Å². The molecular weight excluding hydrogens is 172 g/mol. The maximum atomic E-state index is 11.3. The zero-order valence-corrected chi connectivity index (χ0v) is 7.09. The molecule has 4 nitrogen and oxygen atoms in total. The molecule has 2 N–H and O–H groups in total. The molecular formula is C9H12O4. The second-order valence-corrected chi connectivity index (χ2v) is 4.35. The van der Waals surface area contributed by atoms with Crippen molar-refractivity contribution in [2.45, 2.75) is 18.6 Å². The van der Waals surface area contributed by atoms with Crippen LogP contribution in [0.4, 0.5) is 0 Å². The Balaban J connectivity index is 1.98. The summed E-state index contributed by atoms with van der Waals surface area (Å²) in [5, 5.41) is 19.4. The predicted octanol–water partition coefficient (Wildman–Crippen LogP) is -0.853. The number of aliphatic hydroxyl groups is 2. The van der Waals surface area contributed by atoms with Crippen LogP contribution < -0.4 is 0 Å². The van der Waals surface area contributed by atoms with E-state index in [4.69, 9.17) is 4.74 Å². The van der Waals surface area contributed by atoms with Gasteiger partial charge in [0, 0.05) is 17.8 Å². The van der Waals surface area contributed by atoms with Crippen molar-refractivity contribution >= 4 is 5.97 Å². The van der Waals surface area contributed by atoms with E-state index in [0.29, 0.717) is 13.0 Å². The average Bonchev–Trinajstić information content (AvgIpc) is 2.64. The topological polar surface area (TPSA) is 66.8 Å². The highest BCUT2D eigenvalue weighted by Gasteiger charge is 2.63. The molecule has 72 valence electrons. The quantitative estimate of drug-likeness (QED) is 0.481. The molecule has 0 aromatic rings. The first-order valence-corrected chi connectivity index (χ1v) is 4.73. The fraction of sp³-hybridized carbons (Fsp3) is 0.889. The van der Waals surface area contributed by atoms with Crippen LogP contribution in [0.15, 0.2) is 0 Å². The van der Waals surface area contributed by atoms with Gasteiger partial charge in [0.2, 0.25) is 0 Å². The fourth-order valence-corrected chi connectivity index (χ4v) is 3.38. The van der Waals surface area contributed by atoms with Crippen molar-refractivity contribution in [1.82, 2.24) is 0 Å². The van der Waals surface area contributed by atoms with Crippen molar-refractivity contribution in [2.24, 2.45) is 23.7 Å². The number of cyclic esters (lactones) is 1. The van der Waals surface area contributed by atoms with Crippen LogP contribution in [0.25, 0.3) is 0 Å². The molecule has 0 aromatic carbocycles. The van der Waals surface area contributed by atoms with E-state index in [9.17, 15) is 15.0 Å². The molecule has 1 saturated heterocycles. The van der Waals surface area contributed by atoms with Gasteiger partial charge >= 0.3 is 5.97 Å². The Kier molecular flexibility index (Phi) is 1.34. The van der Waals surface area contributed by atoms with Gasteiger partial charge in [0.1, 0.15) is 0 Å². The van der Waals surface area contributed by atoms with Gasteiger partial charge in [0.25, 0.3) is 0 Å². The van der Waals surface area contributed by atoms with Crippen LogP contribution in [0, 0.1) is 23.7 Å². The zero-order valence-electron chi connectivity index (χ0n) is 7.09. The second kappa shape index (κ2) is 2.25. The molecule has 6 atom stereocenters. The maximum absolute atomic E-state index is 11.3. The summed E-state index contributed by atoms with van der Waals surface area (Å²) < 4.78 is 4.94. The molecule has 0 unspecified atom stereocenters. The minimum Gasteiger partial charge on any atom is -0.465 e. The number of fused-ring (bicyclic) bond motifs is 5. The summed E-state index contributed by atoms with van der Waals surface area (Å²) in [5.41, 5.74) is 0. The Morgan fingerprint density at radius 2 is 2.08 bits per heavy atom. The van der Waals surface area contributed by atoms with Gasteiger partial charge in [-0.3, -0.25) is 4.79 Å². The van der Waals surface area contributed by atoms with Crippen LogP contribution in [0.5, 0.6) is 0 Å². The predicted molar refractivity (Wildman–Crippen MR) is 41.5 cm³/mol. The van der Waals surface area contributed by atoms with E-state index in [2.05, 4.69) is 0 Å². The third-order valence-corrected chi connectivity index (χ3v) is 3.90. The molecule has 1 aliphatic heterocycles. The smallest absolute Gasteiger partial charge is 0.309 e. The lowest BCUT2D eigenvalue weighted by molar-refractivity contribution is -0.143. The second-order valence-electron chi connectivity index (χ2n) is 4.35. The van der Waals surface area contributed by atoms with Crippen LogP contribution >= 0.6 is 0 Å². The van der Waals surface area contributed by atoms with Crippen LogP contribution in [0.3, 0.4) is 0 Å². The van der Waals surface area contributed by atoms with Crippen molar-refractivity contribution in [3.05, 3.63) is 0 Å². The molecule has 0 aromatic heterocycles. The third kappa shape index (κ3) is 0.758. The minimum absolute atomic E-state index is 0.0556. The van der Waals surface area contributed by atoms with Crippen LogP contribution in [-0.4, -0.2) is 35.0 Å². The summed E-state index contributed by atoms with van der Waals surface area (Å²) in [6, 6.07) is 0. The highest BCUT2D eigenvalue weighted by Crippen LogP contribution is 2.55. The van der Waals surface area contributed by atoms with Crippen molar-refractivity contribution in [2.75, 3.05) is 6.61 Å². The van der Waals surface area contributed by atoms with Gasteiger partial charge in [-0.05, 0) is 6.42 Å². The number of hydrogen-bond donors (Lipinski definition) is 2. The first kappa shape index (κ1) is 7.76. The van der Waals surface area contributed by atoms with E-state index in [-0.39, 0.29) is 29.6 Å². The molecule has 0 amide bonds. The van der Waals surface area contributed by atoms with Gasteiger partial charge in [-0.15, -0.1) is 0 Å². The zero-order chi connectivity index (χ0) is 9.16. The molecule has 3 aliphatic rings. The van der Waals surface area contributed by atoms with E-state index in [1.165, 1.54) is 0 Å². The van der Waals surface area contributed by atoms with Gasteiger partial charge in [0.15, 0.2) is 0 Å². The van der Waals surface area contributed by atoms with E-state index in [1.54, 1.807) is 0 Å². The molecule has 4 heteroatoms. The Morgan fingerprint density at radius 1 is 1.31 bits per heavy atom. The van der Waals surface area contributed by atoms with Crippen LogP contribution in [0.2, 0.25) is 0 Å². The standard InChI is InChI=1S/C9H12O4/c10-5-1-3-6-4(2-13-9(6)12)7(5)8(3)11/h3-8,10-11H,1-2H2/t3-,4+,5-,6-,7-,8+/m1/s1. The Bertz CT molecular complexity index is 262. The van der Waals surface area contributed by atoms with E-state index >= 15 is 0 Å². The number of rotatable bonds is 0. The van der Waals surface area contributed by atoms with E-state index in [0.717, 1.165) is 0 Å². The Hall–Kier alpha value is -0.610. The minimum atomic E-state index is -0.488. The monoisotopic (exact) mass is 184 g/mol. The molecule has 0 radical (unpaired) electrons.